The molecule has 140 valence electrons. The van der Waals surface area contributed by atoms with Crippen LogP contribution in [-0.4, -0.2) is 29.3 Å². The number of hydrogen-bond donors (Lipinski definition) is 1. The van der Waals surface area contributed by atoms with E-state index in [0.717, 1.165) is 17.7 Å². The third-order valence-electron chi connectivity index (χ3n) is 5.68. The first-order valence-corrected chi connectivity index (χ1v) is 9.31. The average Bonchev–Trinajstić information content (AvgIpc) is 3.14. The number of aryl methyl sites for hydroxylation is 1. The summed E-state index contributed by atoms with van der Waals surface area (Å²) in [6.07, 6.45) is 2.09. The highest BCUT2D eigenvalue weighted by Crippen LogP contribution is 2.49. The summed E-state index contributed by atoms with van der Waals surface area (Å²) in [6.45, 7) is 4.14. The second-order valence-corrected chi connectivity index (χ2v) is 7.29. The summed E-state index contributed by atoms with van der Waals surface area (Å²) in [6, 6.07) is 9.99. The van der Waals surface area contributed by atoms with Gasteiger partial charge in [-0.3, -0.25) is 14.4 Å². The molecule has 1 spiro atoms. The SMILES string of the molecule is CCC[C@@H]1N(C(=O)c2cc(=O)cc(C)o2)CC[C@]12C(=O)Nc1ccccc12. The van der Waals surface area contributed by atoms with E-state index in [0.29, 0.717) is 25.1 Å². The first-order chi connectivity index (χ1) is 13.0. The number of nitrogens with one attached hydrogen (secondary N) is 1. The van der Waals surface area contributed by atoms with Gasteiger partial charge in [0.05, 0.1) is 11.5 Å². The number of para-hydroxylation sites is 1. The van der Waals surface area contributed by atoms with Gasteiger partial charge in [0, 0.05) is 24.4 Å². The fraction of sp³-hybridized carbons (Fsp3) is 0.381. The van der Waals surface area contributed by atoms with E-state index in [-0.39, 0.29) is 29.0 Å². The molecule has 6 nitrogen and oxygen atoms in total. The van der Waals surface area contributed by atoms with Crippen LogP contribution in [0.2, 0.25) is 0 Å². The summed E-state index contributed by atoms with van der Waals surface area (Å²) in [5.41, 5.74) is 0.772. The fourth-order valence-corrected chi connectivity index (χ4v) is 4.57. The van der Waals surface area contributed by atoms with Gasteiger partial charge in [-0.1, -0.05) is 31.5 Å². The van der Waals surface area contributed by atoms with E-state index in [9.17, 15) is 14.4 Å². The van der Waals surface area contributed by atoms with E-state index in [1.54, 1.807) is 11.8 Å². The van der Waals surface area contributed by atoms with Gasteiger partial charge >= 0.3 is 0 Å². The molecule has 4 rings (SSSR count). The third-order valence-corrected chi connectivity index (χ3v) is 5.68. The van der Waals surface area contributed by atoms with Crippen molar-refractivity contribution in [3.63, 3.8) is 0 Å². The first kappa shape index (κ1) is 17.5. The van der Waals surface area contributed by atoms with Crippen LogP contribution in [0.4, 0.5) is 5.69 Å². The number of carbonyl (C=O) groups is 2. The largest absolute Gasteiger partial charge is 0.456 e. The fourth-order valence-electron chi connectivity index (χ4n) is 4.57. The number of rotatable bonds is 3. The molecule has 2 aliphatic heterocycles. The molecular formula is C21H22N2O4. The number of fused-ring (bicyclic) bond motifs is 2. The molecule has 0 bridgehead atoms. The quantitative estimate of drug-likeness (QED) is 0.906. The Labute approximate surface area is 157 Å². The number of hydrogen-bond acceptors (Lipinski definition) is 4. The summed E-state index contributed by atoms with van der Waals surface area (Å²) in [7, 11) is 0. The standard InChI is InChI=1S/C21H22N2O4/c1-3-6-18-21(15-7-4-5-8-16(15)22-20(21)26)9-10-23(18)19(25)17-12-14(24)11-13(2)27-17/h4-5,7-8,11-12,18H,3,6,9-10H2,1-2H3,(H,22,26)/t18-,21+/m0/s1. The van der Waals surface area contributed by atoms with E-state index in [1.165, 1.54) is 12.1 Å². The Hall–Kier alpha value is -2.89. The lowest BCUT2D eigenvalue weighted by Gasteiger charge is -2.33. The van der Waals surface area contributed by atoms with Crippen LogP contribution in [0.15, 0.2) is 45.6 Å². The van der Waals surface area contributed by atoms with Crippen LogP contribution < -0.4 is 10.7 Å². The molecule has 1 aromatic heterocycles. The Morgan fingerprint density at radius 1 is 1.30 bits per heavy atom. The molecule has 1 N–H and O–H groups in total. The van der Waals surface area contributed by atoms with Gasteiger partial charge in [-0.15, -0.1) is 0 Å². The van der Waals surface area contributed by atoms with E-state index >= 15 is 0 Å². The number of amides is 2. The highest BCUT2D eigenvalue weighted by atomic mass is 16.3. The second kappa shape index (κ2) is 6.37. The zero-order chi connectivity index (χ0) is 19.2. The van der Waals surface area contributed by atoms with Crippen LogP contribution in [0.5, 0.6) is 0 Å². The molecule has 27 heavy (non-hydrogen) atoms. The Balaban J connectivity index is 1.77. The molecule has 2 aliphatic rings. The van der Waals surface area contributed by atoms with E-state index < -0.39 is 5.41 Å². The van der Waals surface area contributed by atoms with Crippen molar-refractivity contribution in [2.45, 2.75) is 44.6 Å². The second-order valence-electron chi connectivity index (χ2n) is 7.29. The summed E-state index contributed by atoms with van der Waals surface area (Å²) < 4.78 is 5.51. The maximum absolute atomic E-state index is 13.2. The lowest BCUT2D eigenvalue weighted by Crippen LogP contribution is -2.48. The minimum atomic E-state index is -0.744. The summed E-state index contributed by atoms with van der Waals surface area (Å²) >= 11 is 0. The van der Waals surface area contributed by atoms with E-state index in [2.05, 4.69) is 5.32 Å². The minimum absolute atomic E-state index is 0.0323. The van der Waals surface area contributed by atoms with Crippen LogP contribution in [0, 0.1) is 6.92 Å². The van der Waals surface area contributed by atoms with Crippen LogP contribution in [0.3, 0.4) is 0 Å². The first-order valence-electron chi connectivity index (χ1n) is 9.31. The number of anilines is 1. The molecule has 0 radical (unpaired) electrons. The van der Waals surface area contributed by atoms with Crippen molar-refractivity contribution in [1.29, 1.82) is 0 Å². The van der Waals surface area contributed by atoms with Gasteiger partial charge in [-0.2, -0.15) is 0 Å². The molecule has 0 unspecified atom stereocenters. The van der Waals surface area contributed by atoms with Crippen molar-refractivity contribution in [1.82, 2.24) is 4.90 Å². The molecule has 1 fully saturated rings. The Morgan fingerprint density at radius 2 is 2.07 bits per heavy atom. The molecule has 1 saturated heterocycles. The molecule has 2 atom stereocenters. The zero-order valence-corrected chi connectivity index (χ0v) is 15.5. The number of nitrogens with zero attached hydrogens (tertiary/aromatic N) is 1. The van der Waals surface area contributed by atoms with Crippen LogP contribution in [0.1, 0.15) is 48.1 Å². The van der Waals surface area contributed by atoms with Crippen LogP contribution >= 0.6 is 0 Å². The van der Waals surface area contributed by atoms with E-state index in [4.69, 9.17) is 4.42 Å². The van der Waals surface area contributed by atoms with Gasteiger partial charge in [0.25, 0.3) is 5.91 Å². The molecule has 1 aromatic carbocycles. The molecule has 6 heteroatoms. The van der Waals surface area contributed by atoms with Crippen LogP contribution in [0.25, 0.3) is 0 Å². The molecular weight excluding hydrogens is 344 g/mol. The van der Waals surface area contributed by atoms with Crippen molar-refractivity contribution in [3.05, 3.63) is 63.7 Å². The van der Waals surface area contributed by atoms with Gasteiger partial charge in [-0.05, 0) is 31.4 Å². The van der Waals surface area contributed by atoms with Gasteiger partial charge in [0.2, 0.25) is 5.91 Å². The van der Waals surface area contributed by atoms with Gasteiger partial charge < -0.3 is 14.6 Å². The summed E-state index contributed by atoms with van der Waals surface area (Å²) in [4.78, 5) is 39.7. The summed E-state index contributed by atoms with van der Waals surface area (Å²) in [5, 5.41) is 2.99. The van der Waals surface area contributed by atoms with Gasteiger partial charge in [0.1, 0.15) is 5.76 Å². The third kappa shape index (κ3) is 2.59. The highest BCUT2D eigenvalue weighted by Gasteiger charge is 2.58. The Bertz CT molecular complexity index is 980. The molecule has 0 aliphatic carbocycles. The topological polar surface area (TPSA) is 79.6 Å². The van der Waals surface area contributed by atoms with Crippen molar-refractivity contribution in [3.8, 4) is 0 Å². The number of carbonyl (C=O) groups excluding carboxylic acids is 2. The molecule has 2 aromatic rings. The number of likely N-dealkylation sites (tertiary alicyclic amines) is 1. The highest BCUT2D eigenvalue weighted by molar-refractivity contribution is 6.08. The van der Waals surface area contributed by atoms with Crippen molar-refractivity contribution in [2.75, 3.05) is 11.9 Å². The average molecular weight is 366 g/mol. The van der Waals surface area contributed by atoms with Crippen molar-refractivity contribution < 1.29 is 14.0 Å². The smallest absolute Gasteiger partial charge is 0.290 e. The monoisotopic (exact) mass is 366 g/mol. The maximum Gasteiger partial charge on any atom is 0.290 e. The van der Waals surface area contributed by atoms with Gasteiger partial charge in [0.15, 0.2) is 11.2 Å². The van der Waals surface area contributed by atoms with Crippen LogP contribution in [-0.2, 0) is 10.2 Å². The Kier molecular flexibility index (Phi) is 4.13. The van der Waals surface area contributed by atoms with Crippen molar-refractivity contribution >= 4 is 17.5 Å². The normalized spacial score (nSPS) is 23.6. The Morgan fingerprint density at radius 3 is 2.81 bits per heavy atom. The predicted octanol–water partition coefficient (Wildman–Crippen LogP) is 2.85. The van der Waals surface area contributed by atoms with E-state index in [1.807, 2.05) is 31.2 Å². The minimum Gasteiger partial charge on any atom is -0.456 e. The number of benzene rings is 1. The van der Waals surface area contributed by atoms with Gasteiger partial charge in [-0.25, -0.2) is 0 Å². The maximum atomic E-state index is 13.2. The molecule has 0 saturated carbocycles. The molecule has 2 amide bonds. The molecule has 3 heterocycles. The lowest BCUT2D eigenvalue weighted by molar-refractivity contribution is -0.121. The zero-order valence-electron chi connectivity index (χ0n) is 15.5. The van der Waals surface area contributed by atoms with Crippen molar-refractivity contribution in [2.24, 2.45) is 0 Å². The predicted molar refractivity (Wildman–Crippen MR) is 101 cm³/mol. The summed E-state index contributed by atoms with van der Waals surface area (Å²) in [5.74, 6) is 0.0482. The lowest BCUT2D eigenvalue weighted by atomic mass is 9.73.